The maximum Gasteiger partial charge on any atom is 0.290 e. The van der Waals surface area contributed by atoms with Gasteiger partial charge in [-0.2, -0.15) is 0 Å². The van der Waals surface area contributed by atoms with Crippen molar-refractivity contribution in [1.29, 1.82) is 0 Å². The number of hydrogen-bond donors (Lipinski definition) is 0. The number of amides is 1. The number of likely N-dealkylation sites (N-methyl/N-ethyl adjacent to an activating group) is 1. The second-order valence-corrected chi connectivity index (χ2v) is 10.2. The van der Waals surface area contributed by atoms with Gasteiger partial charge >= 0.3 is 0 Å². The van der Waals surface area contributed by atoms with E-state index >= 15 is 0 Å². The van der Waals surface area contributed by atoms with Crippen LogP contribution >= 0.6 is 0 Å². The number of carbonyl (C=O) groups is 1. The van der Waals surface area contributed by atoms with Crippen LogP contribution in [0.1, 0.15) is 51.3 Å². The molecule has 0 saturated carbocycles. The molecular formula is C32H34N2O5. The minimum absolute atomic E-state index is 0.113. The van der Waals surface area contributed by atoms with Crippen molar-refractivity contribution in [1.82, 2.24) is 9.80 Å². The van der Waals surface area contributed by atoms with Gasteiger partial charge in [0.15, 0.2) is 16.9 Å². The van der Waals surface area contributed by atoms with Crippen molar-refractivity contribution in [3.8, 4) is 11.5 Å². The Labute approximate surface area is 228 Å². The highest BCUT2D eigenvalue weighted by Gasteiger charge is 2.43. The molecule has 0 saturated heterocycles. The van der Waals surface area contributed by atoms with Gasteiger partial charge in [-0.1, -0.05) is 36.4 Å². The maximum absolute atomic E-state index is 13.9. The quantitative estimate of drug-likeness (QED) is 0.287. The van der Waals surface area contributed by atoms with E-state index in [2.05, 4.69) is 0 Å². The molecule has 7 heteroatoms. The molecule has 5 rings (SSSR count). The number of nitrogens with zero attached hydrogens (tertiary/aromatic N) is 2. The first-order valence-corrected chi connectivity index (χ1v) is 13.3. The van der Waals surface area contributed by atoms with Crippen LogP contribution in [0, 0.1) is 13.8 Å². The monoisotopic (exact) mass is 526 g/mol. The van der Waals surface area contributed by atoms with Gasteiger partial charge in [0, 0.05) is 13.1 Å². The van der Waals surface area contributed by atoms with Crippen LogP contribution < -0.4 is 14.9 Å². The molecule has 1 aromatic heterocycles. The van der Waals surface area contributed by atoms with Gasteiger partial charge in [-0.3, -0.25) is 9.59 Å². The van der Waals surface area contributed by atoms with Crippen LogP contribution in [0.3, 0.4) is 0 Å². The standard InChI is InChI=1S/C32H34N2O5/c1-6-37-27-18-23(12-13-25(27)38-19-22-10-8-7-9-11-22)29-28-30(35)24-16-20(2)21(3)17-26(24)39-31(28)32(36)34(29)15-14-33(4)5/h7-13,16-18,29H,6,14-15,19H2,1-5H3. The summed E-state index contributed by atoms with van der Waals surface area (Å²) in [5.41, 5.74) is 4.44. The van der Waals surface area contributed by atoms with E-state index in [1.165, 1.54) is 0 Å². The van der Waals surface area contributed by atoms with E-state index in [4.69, 9.17) is 13.9 Å². The molecule has 1 aliphatic rings. The van der Waals surface area contributed by atoms with E-state index in [1.54, 1.807) is 4.90 Å². The first kappa shape index (κ1) is 26.5. The Morgan fingerprint density at radius 3 is 2.38 bits per heavy atom. The Bertz CT molecular complexity index is 1580. The molecule has 1 amide bonds. The second-order valence-electron chi connectivity index (χ2n) is 10.2. The van der Waals surface area contributed by atoms with Gasteiger partial charge in [0.1, 0.15) is 12.2 Å². The highest BCUT2D eigenvalue weighted by Crippen LogP contribution is 2.41. The summed E-state index contributed by atoms with van der Waals surface area (Å²) in [5, 5.41) is 0.483. The third kappa shape index (κ3) is 5.14. The Kier molecular flexibility index (Phi) is 7.44. The first-order valence-electron chi connectivity index (χ1n) is 13.3. The number of fused-ring (bicyclic) bond motifs is 2. The van der Waals surface area contributed by atoms with Gasteiger partial charge < -0.3 is 23.7 Å². The molecule has 0 spiro atoms. The molecule has 3 aromatic carbocycles. The predicted molar refractivity (Wildman–Crippen MR) is 152 cm³/mol. The Morgan fingerprint density at radius 1 is 0.923 bits per heavy atom. The first-order chi connectivity index (χ1) is 18.8. The molecule has 0 radical (unpaired) electrons. The van der Waals surface area contributed by atoms with E-state index in [0.29, 0.717) is 54.3 Å². The zero-order chi connectivity index (χ0) is 27.7. The molecule has 39 heavy (non-hydrogen) atoms. The molecule has 7 nitrogen and oxygen atoms in total. The van der Waals surface area contributed by atoms with Crippen molar-refractivity contribution in [3.63, 3.8) is 0 Å². The van der Waals surface area contributed by atoms with Gasteiger partial charge in [-0.25, -0.2) is 0 Å². The lowest BCUT2D eigenvalue weighted by Gasteiger charge is -2.27. The Hall–Kier alpha value is -4.10. The van der Waals surface area contributed by atoms with Gasteiger partial charge in [0.2, 0.25) is 5.76 Å². The zero-order valence-corrected chi connectivity index (χ0v) is 23.1. The van der Waals surface area contributed by atoms with Crippen molar-refractivity contribution >= 4 is 16.9 Å². The van der Waals surface area contributed by atoms with Crippen LogP contribution in [-0.2, 0) is 6.61 Å². The van der Waals surface area contributed by atoms with E-state index in [0.717, 1.165) is 22.3 Å². The summed E-state index contributed by atoms with van der Waals surface area (Å²) in [6.07, 6.45) is 0. The third-order valence-electron chi connectivity index (χ3n) is 7.19. The normalized spacial score (nSPS) is 14.8. The molecular weight excluding hydrogens is 492 g/mol. The molecule has 202 valence electrons. The van der Waals surface area contributed by atoms with E-state index in [9.17, 15) is 9.59 Å². The highest BCUT2D eigenvalue weighted by molar-refractivity contribution is 5.99. The molecule has 4 aromatic rings. The minimum atomic E-state index is -0.600. The van der Waals surface area contributed by atoms with Crippen molar-refractivity contribution in [2.75, 3.05) is 33.8 Å². The van der Waals surface area contributed by atoms with Crippen LogP contribution in [-0.4, -0.2) is 49.5 Å². The number of hydrogen-bond acceptors (Lipinski definition) is 6. The average molecular weight is 527 g/mol. The molecule has 0 N–H and O–H groups in total. The van der Waals surface area contributed by atoms with Crippen LogP contribution in [0.2, 0.25) is 0 Å². The summed E-state index contributed by atoms with van der Waals surface area (Å²) in [6, 6.07) is 18.7. The van der Waals surface area contributed by atoms with Crippen molar-refractivity contribution in [2.45, 2.75) is 33.4 Å². The lowest BCUT2D eigenvalue weighted by Crippen LogP contribution is -2.35. The van der Waals surface area contributed by atoms with Crippen molar-refractivity contribution < 1.29 is 18.7 Å². The van der Waals surface area contributed by atoms with E-state index in [-0.39, 0.29) is 17.1 Å². The van der Waals surface area contributed by atoms with Crippen LogP contribution in [0.15, 0.2) is 69.9 Å². The zero-order valence-electron chi connectivity index (χ0n) is 23.1. The van der Waals surface area contributed by atoms with Gasteiger partial charge in [0.25, 0.3) is 5.91 Å². The number of rotatable bonds is 9. The van der Waals surface area contributed by atoms with Gasteiger partial charge in [-0.05, 0) is 81.4 Å². The van der Waals surface area contributed by atoms with Crippen LogP contribution in [0.4, 0.5) is 0 Å². The fourth-order valence-electron chi connectivity index (χ4n) is 4.98. The number of aryl methyl sites for hydroxylation is 2. The smallest absolute Gasteiger partial charge is 0.290 e. The van der Waals surface area contributed by atoms with E-state index in [1.807, 2.05) is 100 Å². The fourth-order valence-corrected chi connectivity index (χ4v) is 4.98. The summed E-state index contributed by atoms with van der Waals surface area (Å²) < 4.78 is 18.2. The number of ether oxygens (including phenoxy) is 2. The highest BCUT2D eigenvalue weighted by atomic mass is 16.5. The van der Waals surface area contributed by atoms with Crippen molar-refractivity contribution in [2.24, 2.45) is 0 Å². The van der Waals surface area contributed by atoms with Crippen molar-refractivity contribution in [3.05, 3.63) is 104 Å². The lowest BCUT2D eigenvalue weighted by molar-refractivity contribution is 0.0716. The van der Waals surface area contributed by atoms with Gasteiger partial charge in [-0.15, -0.1) is 0 Å². The molecule has 1 aliphatic heterocycles. The predicted octanol–water partition coefficient (Wildman–Crippen LogP) is 5.49. The fraction of sp³-hybridized carbons (Fsp3) is 0.312. The lowest BCUT2D eigenvalue weighted by atomic mass is 9.97. The Balaban J connectivity index is 1.61. The number of carbonyl (C=O) groups excluding carboxylic acids is 1. The summed E-state index contributed by atoms with van der Waals surface area (Å²) >= 11 is 0. The van der Waals surface area contributed by atoms with Crippen LogP contribution in [0.25, 0.3) is 11.0 Å². The summed E-state index contributed by atoms with van der Waals surface area (Å²) in [6.45, 7) is 7.76. The summed E-state index contributed by atoms with van der Waals surface area (Å²) in [4.78, 5) is 31.4. The summed E-state index contributed by atoms with van der Waals surface area (Å²) in [7, 11) is 3.91. The largest absolute Gasteiger partial charge is 0.490 e. The Morgan fingerprint density at radius 2 is 1.67 bits per heavy atom. The van der Waals surface area contributed by atoms with Gasteiger partial charge in [0.05, 0.1) is 23.6 Å². The average Bonchev–Trinajstić information content (AvgIpc) is 3.20. The molecule has 2 heterocycles. The SMILES string of the molecule is CCOc1cc(C2c3c(oc4cc(C)c(C)cc4c3=O)C(=O)N2CCN(C)C)ccc1OCc1ccccc1. The summed E-state index contributed by atoms with van der Waals surface area (Å²) in [5.74, 6) is 1.000. The molecule has 1 atom stereocenters. The second kappa shape index (κ2) is 10.9. The molecule has 0 fully saturated rings. The molecule has 0 bridgehead atoms. The van der Waals surface area contributed by atoms with E-state index < -0.39 is 6.04 Å². The third-order valence-corrected chi connectivity index (χ3v) is 7.19. The topological polar surface area (TPSA) is 72.2 Å². The molecule has 0 aliphatic carbocycles. The van der Waals surface area contributed by atoms with Crippen LogP contribution in [0.5, 0.6) is 11.5 Å². The number of benzene rings is 3. The minimum Gasteiger partial charge on any atom is -0.490 e. The molecule has 1 unspecified atom stereocenters. The maximum atomic E-state index is 13.9.